The van der Waals surface area contributed by atoms with Gasteiger partial charge in [0.05, 0.1) is 29.4 Å². The zero-order valence-corrected chi connectivity index (χ0v) is 17.7. The maximum atomic E-state index is 12.5. The summed E-state index contributed by atoms with van der Waals surface area (Å²) in [6, 6.07) is 7.81. The van der Waals surface area contributed by atoms with Crippen LogP contribution >= 0.6 is 23.1 Å². The van der Waals surface area contributed by atoms with Gasteiger partial charge >= 0.3 is 0 Å². The quantitative estimate of drug-likeness (QED) is 0.517. The third kappa shape index (κ3) is 5.71. The lowest BCUT2D eigenvalue weighted by Crippen LogP contribution is -2.43. The van der Waals surface area contributed by atoms with Crippen LogP contribution in [-0.4, -0.2) is 46.3 Å². The van der Waals surface area contributed by atoms with E-state index in [4.69, 9.17) is 8.94 Å². The number of hydrogen-bond acceptors (Lipinski definition) is 8. The molecule has 29 heavy (non-hydrogen) atoms. The topological polar surface area (TPSA) is 84.4 Å². The summed E-state index contributed by atoms with van der Waals surface area (Å²) in [7, 11) is 0. The second-order valence-electron chi connectivity index (χ2n) is 6.99. The summed E-state index contributed by atoms with van der Waals surface area (Å²) in [5.74, 6) is 4.05. The Hall–Kier alpha value is -2.10. The van der Waals surface area contributed by atoms with Gasteiger partial charge in [-0.2, -0.15) is 16.7 Å². The summed E-state index contributed by atoms with van der Waals surface area (Å²) < 4.78 is 10.7. The number of thiophene rings is 1. The monoisotopic (exact) mass is 432 g/mol. The van der Waals surface area contributed by atoms with Gasteiger partial charge in [-0.05, 0) is 43.0 Å². The van der Waals surface area contributed by atoms with Crippen molar-refractivity contribution >= 4 is 29.0 Å². The van der Waals surface area contributed by atoms with Gasteiger partial charge in [-0.25, -0.2) is 0 Å². The summed E-state index contributed by atoms with van der Waals surface area (Å²) >= 11 is 3.35. The summed E-state index contributed by atoms with van der Waals surface area (Å²) in [5, 5.41) is 9.13. The normalized spacial score (nSPS) is 17.4. The zero-order valence-electron chi connectivity index (χ0n) is 16.1. The highest BCUT2D eigenvalue weighted by molar-refractivity contribution is 7.98. The molecule has 4 heterocycles. The Bertz CT molecular complexity index is 880. The van der Waals surface area contributed by atoms with E-state index in [1.165, 1.54) is 0 Å². The van der Waals surface area contributed by atoms with E-state index in [-0.39, 0.29) is 11.8 Å². The summed E-state index contributed by atoms with van der Waals surface area (Å²) in [4.78, 5) is 20.2. The molecular weight excluding hydrogens is 408 g/mol. The molecule has 3 aromatic rings. The number of furan rings is 1. The number of nitrogens with zero attached hydrogens (tertiary/aromatic N) is 3. The van der Waals surface area contributed by atoms with Crippen LogP contribution in [0.25, 0.3) is 10.7 Å². The maximum absolute atomic E-state index is 12.5. The summed E-state index contributed by atoms with van der Waals surface area (Å²) in [5.41, 5.74) is 0. The lowest BCUT2D eigenvalue weighted by molar-refractivity contribution is -0.126. The molecule has 4 rings (SSSR count). The van der Waals surface area contributed by atoms with Gasteiger partial charge in [0.1, 0.15) is 5.76 Å². The number of nitrogens with one attached hydrogen (secondary N) is 1. The predicted molar refractivity (Wildman–Crippen MR) is 113 cm³/mol. The van der Waals surface area contributed by atoms with Crippen molar-refractivity contribution in [3.8, 4) is 10.7 Å². The lowest BCUT2D eigenvalue weighted by Gasteiger charge is -2.30. The smallest absolute Gasteiger partial charge is 0.241 e. The van der Waals surface area contributed by atoms with E-state index in [9.17, 15) is 4.79 Å². The number of carbonyl (C=O) groups is 1. The molecule has 3 aromatic heterocycles. The molecule has 1 amide bonds. The minimum Gasteiger partial charge on any atom is -0.468 e. The van der Waals surface area contributed by atoms with E-state index >= 15 is 0 Å². The van der Waals surface area contributed by atoms with Crippen molar-refractivity contribution in [2.45, 2.75) is 25.1 Å². The van der Waals surface area contributed by atoms with Gasteiger partial charge in [0.15, 0.2) is 0 Å². The molecule has 0 bridgehead atoms. The van der Waals surface area contributed by atoms with Crippen LogP contribution in [-0.2, 0) is 17.1 Å². The summed E-state index contributed by atoms with van der Waals surface area (Å²) in [6.07, 6.45) is 3.60. The van der Waals surface area contributed by atoms with Crippen LogP contribution in [0.15, 0.2) is 44.8 Å². The van der Waals surface area contributed by atoms with Gasteiger partial charge in [0.2, 0.25) is 17.6 Å². The standard InChI is InChI=1S/C20H24N4O3S2/c25-20(21-7-11-28-14-16-5-2-9-26-16)15-4-1-8-24(12-15)13-18-22-19(23-27-18)17-6-3-10-29-17/h2-3,5-6,9-10,15H,1,4,7-8,11-14H2,(H,21,25). The van der Waals surface area contributed by atoms with Crippen LogP contribution < -0.4 is 5.32 Å². The minimum absolute atomic E-state index is 0.0125. The average molecular weight is 433 g/mol. The zero-order chi connectivity index (χ0) is 19.9. The molecule has 1 fully saturated rings. The molecule has 0 spiro atoms. The van der Waals surface area contributed by atoms with Crippen molar-refractivity contribution in [1.29, 1.82) is 0 Å². The average Bonchev–Trinajstić information content (AvgIpc) is 3.50. The number of amides is 1. The van der Waals surface area contributed by atoms with E-state index in [1.807, 2.05) is 29.6 Å². The van der Waals surface area contributed by atoms with Crippen molar-refractivity contribution in [3.05, 3.63) is 47.6 Å². The number of likely N-dealkylation sites (tertiary alicyclic amines) is 1. The Morgan fingerprint density at radius 2 is 2.34 bits per heavy atom. The van der Waals surface area contributed by atoms with Crippen LogP contribution in [0.1, 0.15) is 24.5 Å². The van der Waals surface area contributed by atoms with Gasteiger partial charge in [0, 0.05) is 18.8 Å². The third-order valence-electron chi connectivity index (χ3n) is 4.81. The number of rotatable bonds is 9. The Morgan fingerprint density at radius 3 is 3.17 bits per heavy atom. The first-order valence-electron chi connectivity index (χ1n) is 9.74. The summed E-state index contributed by atoms with van der Waals surface area (Å²) in [6.45, 7) is 2.93. The second-order valence-corrected chi connectivity index (χ2v) is 9.04. The first-order chi connectivity index (χ1) is 14.3. The predicted octanol–water partition coefficient (Wildman–Crippen LogP) is 3.65. The van der Waals surface area contributed by atoms with Gasteiger partial charge in [0.25, 0.3) is 0 Å². The Balaban J connectivity index is 1.19. The number of hydrogen-bond donors (Lipinski definition) is 1. The van der Waals surface area contributed by atoms with Crippen LogP contribution in [0.2, 0.25) is 0 Å². The molecule has 1 unspecified atom stereocenters. The first-order valence-corrected chi connectivity index (χ1v) is 11.8. The fraction of sp³-hybridized carbons (Fsp3) is 0.450. The molecule has 7 nitrogen and oxygen atoms in total. The number of aromatic nitrogens is 2. The van der Waals surface area contributed by atoms with Crippen LogP contribution in [0.4, 0.5) is 0 Å². The highest BCUT2D eigenvalue weighted by Crippen LogP contribution is 2.23. The van der Waals surface area contributed by atoms with E-state index in [0.29, 0.717) is 24.8 Å². The molecule has 1 atom stereocenters. The Morgan fingerprint density at radius 1 is 1.38 bits per heavy atom. The van der Waals surface area contributed by atoms with Crippen LogP contribution in [0, 0.1) is 5.92 Å². The fourth-order valence-electron chi connectivity index (χ4n) is 3.39. The van der Waals surface area contributed by atoms with E-state index in [0.717, 1.165) is 48.1 Å². The third-order valence-corrected chi connectivity index (χ3v) is 6.66. The molecule has 0 aliphatic carbocycles. The minimum atomic E-state index is 0.0125. The van der Waals surface area contributed by atoms with Crippen molar-refractivity contribution in [1.82, 2.24) is 20.4 Å². The molecule has 154 valence electrons. The fourth-order valence-corrected chi connectivity index (χ4v) is 4.79. The SMILES string of the molecule is O=C(NCCSCc1ccco1)C1CCCN(Cc2nc(-c3cccs3)no2)C1. The van der Waals surface area contributed by atoms with E-state index < -0.39 is 0 Å². The van der Waals surface area contributed by atoms with Crippen LogP contribution in [0.3, 0.4) is 0 Å². The number of thioether (sulfide) groups is 1. The molecule has 0 aromatic carbocycles. The molecule has 9 heteroatoms. The van der Waals surface area contributed by atoms with E-state index in [2.05, 4.69) is 20.4 Å². The first kappa shape index (κ1) is 20.2. The van der Waals surface area contributed by atoms with Gasteiger partial charge in [-0.15, -0.1) is 11.3 Å². The molecule has 1 N–H and O–H groups in total. The molecule has 0 saturated carbocycles. The lowest BCUT2D eigenvalue weighted by atomic mass is 9.97. The molecule has 0 radical (unpaired) electrons. The Labute approximate surface area is 177 Å². The maximum Gasteiger partial charge on any atom is 0.241 e. The second kappa shape index (κ2) is 10.1. The number of carbonyl (C=O) groups excluding carboxylic acids is 1. The van der Waals surface area contributed by atoms with Crippen LogP contribution in [0.5, 0.6) is 0 Å². The molecule has 1 aliphatic rings. The highest BCUT2D eigenvalue weighted by Gasteiger charge is 2.26. The van der Waals surface area contributed by atoms with Crippen molar-refractivity contribution in [2.75, 3.05) is 25.4 Å². The van der Waals surface area contributed by atoms with E-state index in [1.54, 1.807) is 29.4 Å². The van der Waals surface area contributed by atoms with Gasteiger partial charge in [-0.1, -0.05) is 11.2 Å². The molecular formula is C20H24N4O3S2. The molecule has 1 aliphatic heterocycles. The van der Waals surface area contributed by atoms with Gasteiger partial charge in [-0.3, -0.25) is 9.69 Å². The van der Waals surface area contributed by atoms with Crippen molar-refractivity contribution in [2.24, 2.45) is 5.92 Å². The van der Waals surface area contributed by atoms with Crippen molar-refractivity contribution in [3.63, 3.8) is 0 Å². The molecule has 1 saturated heterocycles. The number of piperidine rings is 1. The Kier molecular flexibility index (Phi) is 7.02. The van der Waals surface area contributed by atoms with Crippen molar-refractivity contribution < 1.29 is 13.7 Å². The largest absolute Gasteiger partial charge is 0.468 e. The highest BCUT2D eigenvalue weighted by atomic mass is 32.2. The van der Waals surface area contributed by atoms with Gasteiger partial charge < -0.3 is 14.3 Å².